The number of carbonyl (C=O) groups is 1. The molecule has 0 aliphatic carbocycles. The number of aliphatic imine (C=N–C) groups is 2. The lowest BCUT2D eigenvalue weighted by atomic mass is 10.1. The van der Waals surface area contributed by atoms with Crippen molar-refractivity contribution < 1.29 is 4.79 Å². The van der Waals surface area contributed by atoms with Crippen molar-refractivity contribution in [3.63, 3.8) is 0 Å². The predicted molar refractivity (Wildman–Crippen MR) is 97.7 cm³/mol. The highest BCUT2D eigenvalue weighted by Gasteiger charge is 2.33. The Balaban J connectivity index is 1.47. The van der Waals surface area contributed by atoms with Gasteiger partial charge >= 0.3 is 0 Å². The molecule has 0 saturated heterocycles. The molecule has 0 bridgehead atoms. The maximum atomic E-state index is 12.9. The van der Waals surface area contributed by atoms with Crippen molar-refractivity contribution in [2.75, 3.05) is 13.1 Å². The van der Waals surface area contributed by atoms with E-state index in [0.717, 1.165) is 41.3 Å². The second-order valence-electron chi connectivity index (χ2n) is 6.67. The van der Waals surface area contributed by atoms with E-state index >= 15 is 0 Å². The fourth-order valence-corrected chi connectivity index (χ4v) is 3.76. The number of fused-ring (bicyclic) bond motifs is 1. The molecule has 0 aromatic carbocycles. The van der Waals surface area contributed by atoms with E-state index in [-0.39, 0.29) is 11.8 Å². The van der Waals surface area contributed by atoms with Gasteiger partial charge in [-0.05, 0) is 25.0 Å². The first-order chi connectivity index (χ1) is 12.0. The van der Waals surface area contributed by atoms with E-state index in [0.29, 0.717) is 24.7 Å². The Labute approximate surface area is 151 Å². The van der Waals surface area contributed by atoms with Crippen LogP contribution >= 0.6 is 11.6 Å². The Morgan fingerprint density at radius 1 is 1.32 bits per heavy atom. The molecular weight excluding hydrogens is 338 g/mol. The average molecular weight is 358 g/mol. The van der Waals surface area contributed by atoms with Crippen LogP contribution in [0.3, 0.4) is 0 Å². The van der Waals surface area contributed by atoms with Gasteiger partial charge in [0.25, 0.3) is 0 Å². The molecule has 1 amide bonds. The molecule has 0 spiro atoms. The minimum atomic E-state index is -0.146. The van der Waals surface area contributed by atoms with Crippen LogP contribution in [0.25, 0.3) is 0 Å². The van der Waals surface area contributed by atoms with E-state index in [1.165, 1.54) is 0 Å². The highest BCUT2D eigenvalue weighted by atomic mass is 35.5. The largest absolute Gasteiger partial charge is 0.336 e. The van der Waals surface area contributed by atoms with E-state index in [9.17, 15) is 4.79 Å². The third-order valence-corrected chi connectivity index (χ3v) is 5.60. The summed E-state index contributed by atoms with van der Waals surface area (Å²) in [7, 11) is 0. The minimum Gasteiger partial charge on any atom is -0.336 e. The molecule has 3 aliphatic rings. The van der Waals surface area contributed by atoms with E-state index in [2.05, 4.69) is 19.9 Å². The van der Waals surface area contributed by atoms with Crippen LogP contribution in [0.15, 0.2) is 22.3 Å². The van der Waals surface area contributed by atoms with Crippen LogP contribution in [0.5, 0.6) is 0 Å². The van der Waals surface area contributed by atoms with Crippen molar-refractivity contribution in [1.29, 1.82) is 0 Å². The lowest BCUT2D eigenvalue weighted by molar-refractivity contribution is -0.134. The Morgan fingerprint density at radius 3 is 2.92 bits per heavy atom. The molecule has 4 heterocycles. The van der Waals surface area contributed by atoms with Crippen molar-refractivity contribution >= 4 is 29.7 Å². The number of hydrogen-bond acceptors (Lipinski definition) is 5. The molecule has 0 N–H and O–H groups in total. The van der Waals surface area contributed by atoms with Gasteiger partial charge in [0, 0.05) is 32.3 Å². The first-order valence-corrected chi connectivity index (χ1v) is 8.85. The summed E-state index contributed by atoms with van der Waals surface area (Å²) in [6.45, 7) is 6.46. The Hall–Kier alpha value is -2.21. The van der Waals surface area contributed by atoms with Gasteiger partial charge in [0.15, 0.2) is 0 Å². The normalized spacial score (nSPS) is 21.7. The van der Waals surface area contributed by atoms with Gasteiger partial charge in [0.1, 0.15) is 12.2 Å². The first kappa shape index (κ1) is 16.3. The van der Waals surface area contributed by atoms with Gasteiger partial charge in [-0.15, -0.1) is 0 Å². The number of aryl methyl sites for hydroxylation is 1. The van der Waals surface area contributed by atoms with Crippen molar-refractivity contribution in [3.05, 3.63) is 39.8 Å². The van der Waals surface area contributed by atoms with Gasteiger partial charge < -0.3 is 9.80 Å². The summed E-state index contributed by atoms with van der Waals surface area (Å²) in [5.41, 5.74) is 3.94. The molecule has 7 heteroatoms. The number of rotatable bonds is 1. The summed E-state index contributed by atoms with van der Waals surface area (Å²) in [5, 5.41) is 0.706. The molecule has 130 valence electrons. The van der Waals surface area contributed by atoms with Crippen LogP contribution < -0.4 is 0 Å². The summed E-state index contributed by atoms with van der Waals surface area (Å²) in [4.78, 5) is 29.9. The Bertz CT molecular complexity index is 829. The third-order valence-electron chi connectivity index (χ3n) is 5.05. The molecule has 25 heavy (non-hydrogen) atoms. The van der Waals surface area contributed by atoms with Gasteiger partial charge in [-0.3, -0.25) is 14.8 Å². The number of amidine groups is 1. The molecule has 1 unspecified atom stereocenters. The number of carbonyl (C=O) groups excluding carboxylic acids is 1. The fourth-order valence-electron chi connectivity index (χ4n) is 3.60. The molecule has 0 radical (unpaired) electrons. The maximum Gasteiger partial charge on any atom is 0.232 e. The van der Waals surface area contributed by atoms with E-state index in [4.69, 9.17) is 11.6 Å². The smallest absolute Gasteiger partial charge is 0.232 e. The molecule has 6 nitrogen and oxygen atoms in total. The second kappa shape index (κ2) is 6.26. The molecule has 4 rings (SSSR count). The predicted octanol–water partition coefficient (Wildman–Crippen LogP) is 2.47. The summed E-state index contributed by atoms with van der Waals surface area (Å²) in [5.74, 6) is 0.967. The molecule has 3 aliphatic heterocycles. The highest BCUT2D eigenvalue weighted by Crippen LogP contribution is 2.32. The highest BCUT2D eigenvalue weighted by molar-refractivity contribution is 6.32. The Morgan fingerprint density at radius 2 is 2.16 bits per heavy atom. The number of aromatic nitrogens is 1. The topological polar surface area (TPSA) is 61.2 Å². The third kappa shape index (κ3) is 2.84. The van der Waals surface area contributed by atoms with Crippen molar-refractivity contribution in [2.45, 2.75) is 33.4 Å². The van der Waals surface area contributed by atoms with Crippen LogP contribution in [-0.2, 0) is 17.9 Å². The van der Waals surface area contributed by atoms with Gasteiger partial charge in [0.05, 0.1) is 28.9 Å². The van der Waals surface area contributed by atoms with Gasteiger partial charge in [-0.1, -0.05) is 17.7 Å². The lowest BCUT2D eigenvalue weighted by Gasteiger charge is -2.23. The zero-order valence-electron chi connectivity index (χ0n) is 14.4. The monoisotopic (exact) mass is 357 g/mol. The number of halogens is 1. The zero-order valence-corrected chi connectivity index (χ0v) is 15.1. The first-order valence-electron chi connectivity index (χ1n) is 8.47. The van der Waals surface area contributed by atoms with Crippen molar-refractivity contribution in [1.82, 2.24) is 14.8 Å². The van der Waals surface area contributed by atoms with Crippen LogP contribution in [0.2, 0.25) is 5.02 Å². The molecule has 1 atom stereocenters. The molecule has 1 aromatic rings. The molecule has 1 aromatic heterocycles. The van der Waals surface area contributed by atoms with Gasteiger partial charge in [-0.2, -0.15) is 0 Å². The summed E-state index contributed by atoms with van der Waals surface area (Å²) in [6, 6.07) is 0. The summed E-state index contributed by atoms with van der Waals surface area (Å²) in [6.07, 6.45) is 6.35. The van der Waals surface area contributed by atoms with E-state index in [1.54, 1.807) is 6.34 Å². The number of amides is 1. The average Bonchev–Trinajstić information content (AvgIpc) is 3.27. The molecule has 0 saturated carbocycles. The lowest BCUT2D eigenvalue weighted by Crippen LogP contribution is -2.36. The molecular formula is C18H20ClN5O. The number of pyridine rings is 1. The van der Waals surface area contributed by atoms with Gasteiger partial charge in [0.2, 0.25) is 5.91 Å². The Kier molecular flexibility index (Phi) is 4.07. The van der Waals surface area contributed by atoms with Crippen molar-refractivity contribution in [2.24, 2.45) is 15.9 Å². The van der Waals surface area contributed by atoms with E-state index in [1.807, 2.05) is 31.0 Å². The summed E-state index contributed by atoms with van der Waals surface area (Å²) < 4.78 is 0. The standard InChI is InChI=1S/C18H20ClN5O/c1-11-14-8-24(9-15(14)22-12(2)17(11)19)18(25)13-4-6-23(7-13)16-3-5-20-10-21-16/h4,6,10,13H,3,5,7-9H2,1-2H3. The quantitative estimate of drug-likeness (QED) is 0.775. The fraction of sp³-hybridized carbons (Fsp3) is 0.444. The minimum absolute atomic E-state index is 0.134. The van der Waals surface area contributed by atoms with Gasteiger partial charge in [-0.25, -0.2) is 4.99 Å². The maximum absolute atomic E-state index is 12.9. The van der Waals surface area contributed by atoms with Crippen LogP contribution in [0.4, 0.5) is 0 Å². The van der Waals surface area contributed by atoms with Crippen LogP contribution in [0, 0.1) is 19.8 Å². The second-order valence-corrected chi connectivity index (χ2v) is 7.05. The zero-order chi connectivity index (χ0) is 17.6. The SMILES string of the molecule is Cc1nc2c(c(C)c1Cl)CN(C(=O)C1C=CN(C3=NC=NCC3)C1)C2. The number of nitrogens with zero attached hydrogens (tertiary/aromatic N) is 5. The molecule has 0 fully saturated rings. The van der Waals surface area contributed by atoms with Crippen molar-refractivity contribution in [3.8, 4) is 0 Å². The summed E-state index contributed by atoms with van der Waals surface area (Å²) >= 11 is 6.31. The van der Waals surface area contributed by atoms with Crippen LogP contribution in [-0.4, -0.2) is 46.0 Å². The van der Waals surface area contributed by atoms with Crippen LogP contribution in [0.1, 0.15) is 28.9 Å². The number of hydrogen-bond donors (Lipinski definition) is 0. The van der Waals surface area contributed by atoms with E-state index < -0.39 is 0 Å².